The van der Waals surface area contributed by atoms with E-state index >= 15 is 0 Å². The standard InChI is InChI=1S/C13H15F3N2O3/c1-8-3-4-9(7-10(8)11(19)20)18-12(21)17-6-2-5-13(14,15)16/h3-4,7H,2,5-6H2,1H3,(H,19,20)(H2,17,18,21). The zero-order valence-corrected chi connectivity index (χ0v) is 11.3. The molecule has 2 amide bonds. The SMILES string of the molecule is Cc1ccc(NC(=O)NCCCC(F)(F)F)cc1C(=O)O. The summed E-state index contributed by atoms with van der Waals surface area (Å²) in [5.74, 6) is -1.12. The topological polar surface area (TPSA) is 78.4 Å². The molecule has 1 rings (SSSR count). The van der Waals surface area contributed by atoms with Crippen molar-refractivity contribution >= 4 is 17.7 Å². The number of aromatic carboxylic acids is 1. The van der Waals surface area contributed by atoms with E-state index in [1.54, 1.807) is 6.92 Å². The third-order valence-electron chi connectivity index (χ3n) is 2.65. The monoisotopic (exact) mass is 304 g/mol. The molecular weight excluding hydrogens is 289 g/mol. The van der Waals surface area contributed by atoms with Crippen molar-refractivity contribution in [1.29, 1.82) is 0 Å². The number of alkyl halides is 3. The molecule has 21 heavy (non-hydrogen) atoms. The van der Waals surface area contributed by atoms with E-state index in [4.69, 9.17) is 5.11 Å². The Labute approximate surface area is 119 Å². The molecule has 0 fully saturated rings. The second-order valence-electron chi connectivity index (χ2n) is 4.43. The molecule has 0 bridgehead atoms. The summed E-state index contributed by atoms with van der Waals surface area (Å²) in [5.41, 5.74) is 0.842. The van der Waals surface area contributed by atoms with E-state index in [1.165, 1.54) is 18.2 Å². The van der Waals surface area contributed by atoms with Crippen molar-refractivity contribution in [3.05, 3.63) is 29.3 Å². The first-order chi connectivity index (χ1) is 9.69. The summed E-state index contributed by atoms with van der Waals surface area (Å²) in [6.45, 7) is 1.49. The first-order valence-electron chi connectivity index (χ1n) is 6.14. The zero-order valence-electron chi connectivity index (χ0n) is 11.3. The van der Waals surface area contributed by atoms with Crippen molar-refractivity contribution < 1.29 is 27.9 Å². The Morgan fingerprint density at radius 2 is 1.95 bits per heavy atom. The Morgan fingerprint density at radius 1 is 1.29 bits per heavy atom. The van der Waals surface area contributed by atoms with Gasteiger partial charge in [0.1, 0.15) is 0 Å². The van der Waals surface area contributed by atoms with E-state index in [0.29, 0.717) is 5.56 Å². The number of hydrogen-bond donors (Lipinski definition) is 3. The number of benzene rings is 1. The largest absolute Gasteiger partial charge is 0.478 e. The Bertz CT molecular complexity index is 530. The molecule has 116 valence electrons. The number of hydrogen-bond acceptors (Lipinski definition) is 2. The van der Waals surface area contributed by atoms with Gasteiger partial charge in [0, 0.05) is 18.7 Å². The average Bonchev–Trinajstić information content (AvgIpc) is 2.35. The highest BCUT2D eigenvalue weighted by molar-refractivity contribution is 5.94. The summed E-state index contributed by atoms with van der Waals surface area (Å²) < 4.78 is 35.7. The minimum atomic E-state index is -4.24. The van der Waals surface area contributed by atoms with Gasteiger partial charge in [0.05, 0.1) is 5.56 Å². The van der Waals surface area contributed by atoms with Gasteiger partial charge in [-0.2, -0.15) is 13.2 Å². The molecule has 0 aliphatic heterocycles. The minimum absolute atomic E-state index is 0.0462. The van der Waals surface area contributed by atoms with E-state index in [9.17, 15) is 22.8 Å². The smallest absolute Gasteiger partial charge is 0.389 e. The number of carboxylic acid groups (broad SMARTS) is 1. The molecule has 0 saturated heterocycles. The number of anilines is 1. The number of aryl methyl sites for hydroxylation is 1. The Hall–Kier alpha value is -2.25. The summed E-state index contributed by atoms with van der Waals surface area (Å²) in [5, 5.41) is 13.6. The van der Waals surface area contributed by atoms with Gasteiger partial charge in [-0.05, 0) is 31.0 Å². The Kier molecular flexibility index (Phi) is 5.57. The highest BCUT2D eigenvalue weighted by Crippen LogP contribution is 2.20. The second-order valence-corrected chi connectivity index (χ2v) is 4.43. The van der Waals surface area contributed by atoms with Gasteiger partial charge in [0.25, 0.3) is 0 Å². The van der Waals surface area contributed by atoms with Crippen molar-refractivity contribution in [3.8, 4) is 0 Å². The van der Waals surface area contributed by atoms with Crippen molar-refractivity contribution in [1.82, 2.24) is 5.32 Å². The number of amides is 2. The van der Waals surface area contributed by atoms with Gasteiger partial charge in [-0.15, -0.1) is 0 Å². The fraction of sp³-hybridized carbons (Fsp3) is 0.385. The molecule has 0 aliphatic rings. The Morgan fingerprint density at radius 3 is 2.52 bits per heavy atom. The molecule has 1 aromatic carbocycles. The van der Waals surface area contributed by atoms with Crippen LogP contribution in [0.15, 0.2) is 18.2 Å². The van der Waals surface area contributed by atoms with Crippen LogP contribution in [0.2, 0.25) is 0 Å². The van der Waals surface area contributed by atoms with Crippen molar-refractivity contribution in [2.75, 3.05) is 11.9 Å². The lowest BCUT2D eigenvalue weighted by molar-refractivity contribution is -0.135. The van der Waals surface area contributed by atoms with Crippen LogP contribution >= 0.6 is 0 Å². The summed E-state index contributed by atoms with van der Waals surface area (Å²) in [6, 6.07) is 3.64. The zero-order chi connectivity index (χ0) is 16.0. The fourth-order valence-electron chi connectivity index (χ4n) is 1.60. The maximum absolute atomic E-state index is 11.9. The molecule has 0 aliphatic carbocycles. The molecule has 0 atom stereocenters. The van der Waals surface area contributed by atoms with Gasteiger partial charge in [-0.1, -0.05) is 6.07 Å². The van der Waals surface area contributed by atoms with Crippen molar-refractivity contribution in [3.63, 3.8) is 0 Å². The molecule has 5 nitrogen and oxygen atoms in total. The first kappa shape index (κ1) is 16.8. The lowest BCUT2D eigenvalue weighted by Crippen LogP contribution is -2.30. The van der Waals surface area contributed by atoms with Crippen LogP contribution < -0.4 is 10.6 Å². The van der Waals surface area contributed by atoms with E-state index in [-0.39, 0.29) is 24.2 Å². The molecule has 0 spiro atoms. The minimum Gasteiger partial charge on any atom is -0.478 e. The van der Waals surface area contributed by atoms with E-state index in [2.05, 4.69) is 10.6 Å². The number of rotatable bonds is 5. The summed E-state index contributed by atoms with van der Waals surface area (Å²) in [6.07, 6.45) is -5.43. The van der Waals surface area contributed by atoms with Gasteiger partial charge < -0.3 is 15.7 Å². The first-order valence-corrected chi connectivity index (χ1v) is 6.14. The molecule has 8 heteroatoms. The van der Waals surface area contributed by atoms with Gasteiger partial charge >= 0.3 is 18.2 Å². The molecule has 3 N–H and O–H groups in total. The predicted octanol–water partition coefficient (Wildman–Crippen LogP) is 3.16. The summed E-state index contributed by atoms with van der Waals surface area (Å²) in [7, 11) is 0. The van der Waals surface area contributed by atoms with E-state index in [1.807, 2.05) is 0 Å². The predicted molar refractivity (Wildman–Crippen MR) is 70.4 cm³/mol. The van der Waals surface area contributed by atoms with Crippen molar-refractivity contribution in [2.45, 2.75) is 25.9 Å². The van der Waals surface area contributed by atoms with Crippen LogP contribution in [0.5, 0.6) is 0 Å². The van der Waals surface area contributed by atoms with E-state index < -0.39 is 24.6 Å². The molecular formula is C13H15F3N2O3. The lowest BCUT2D eigenvalue weighted by atomic mass is 10.1. The highest BCUT2D eigenvalue weighted by atomic mass is 19.4. The van der Waals surface area contributed by atoms with Crippen LogP contribution in [0.1, 0.15) is 28.8 Å². The number of carbonyl (C=O) groups excluding carboxylic acids is 1. The highest BCUT2D eigenvalue weighted by Gasteiger charge is 2.25. The molecule has 0 aromatic heterocycles. The molecule has 0 radical (unpaired) electrons. The van der Waals surface area contributed by atoms with Gasteiger partial charge in [0.2, 0.25) is 0 Å². The van der Waals surface area contributed by atoms with Gasteiger partial charge in [-0.3, -0.25) is 0 Å². The van der Waals surface area contributed by atoms with Crippen LogP contribution in [0.3, 0.4) is 0 Å². The third-order valence-corrected chi connectivity index (χ3v) is 2.65. The molecule has 0 saturated carbocycles. The van der Waals surface area contributed by atoms with Crippen LogP contribution in [-0.2, 0) is 0 Å². The Balaban J connectivity index is 2.48. The van der Waals surface area contributed by atoms with Crippen LogP contribution in [0.25, 0.3) is 0 Å². The number of carbonyl (C=O) groups is 2. The quantitative estimate of drug-likeness (QED) is 0.731. The van der Waals surface area contributed by atoms with Crippen LogP contribution in [-0.4, -0.2) is 29.8 Å². The second kappa shape index (κ2) is 6.96. The number of halogens is 3. The molecule has 0 unspecified atom stereocenters. The van der Waals surface area contributed by atoms with Crippen LogP contribution in [0.4, 0.5) is 23.7 Å². The number of nitrogens with one attached hydrogen (secondary N) is 2. The normalized spacial score (nSPS) is 11.0. The van der Waals surface area contributed by atoms with E-state index in [0.717, 1.165) is 0 Å². The van der Waals surface area contributed by atoms with Gasteiger partial charge in [-0.25, -0.2) is 9.59 Å². The average molecular weight is 304 g/mol. The van der Waals surface area contributed by atoms with Crippen LogP contribution in [0, 0.1) is 6.92 Å². The summed E-state index contributed by atoms with van der Waals surface area (Å²) in [4.78, 5) is 22.4. The number of carboxylic acids is 1. The maximum Gasteiger partial charge on any atom is 0.389 e. The fourth-order valence-corrected chi connectivity index (χ4v) is 1.60. The number of urea groups is 1. The molecule has 1 aromatic rings. The third kappa shape index (κ3) is 6.15. The maximum atomic E-state index is 11.9. The summed E-state index contributed by atoms with van der Waals surface area (Å²) >= 11 is 0. The van der Waals surface area contributed by atoms with Gasteiger partial charge in [0.15, 0.2) is 0 Å². The van der Waals surface area contributed by atoms with Crippen molar-refractivity contribution in [2.24, 2.45) is 0 Å². The molecule has 0 heterocycles. The lowest BCUT2D eigenvalue weighted by Gasteiger charge is -2.10.